The molecule has 1 saturated heterocycles. The molecule has 244 valence electrons. The normalized spacial score (nSPS) is 28.6. The van der Waals surface area contributed by atoms with Crippen LogP contribution in [0.15, 0.2) is 36.4 Å². The number of alkyl halides is 3. The Balaban J connectivity index is 1.35. The number of amides is 5. The molecular formula is C31H38F3N5O6. The summed E-state index contributed by atoms with van der Waals surface area (Å²) in [5.41, 5.74) is 6.35. The Morgan fingerprint density at radius 2 is 1.80 bits per heavy atom. The van der Waals surface area contributed by atoms with Crippen molar-refractivity contribution in [2.75, 3.05) is 6.54 Å². The average Bonchev–Trinajstić information content (AvgIpc) is 3.30. The van der Waals surface area contributed by atoms with Crippen LogP contribution < -0.4 is 16.4 Å². The summed E-state index contributed by atoms with van der Waals surface area (Å²) in [5.74, 6) is -3.28. The third-order valence-electron chi connectivity index (χ3n) is 9.02. The van der Waals surface area contributed by atoms with Gasteiger partial charge in [0, 0.05) is 31.8 Å². The predicted molar refractivity (Wildman–Crippen MR) is 154 cm³/mol. The topological polar surface area (TPSA) is 151 Å². The lowest BCUT2D eigenvalue weighted by Crippen LogP contribution is -2.57. The minimum atomic E-state index is -4.54. The molecule has 0 radical (unpaired) electrons. The van der Waals surface area contributed by atoms with Gasteiger partial charge in [0.15, 0.2) is 0 Å². The van der Waals surface area contributed by atoms with Gasteiger partial charge in [-0.1, -0.05) is 49.3 Å². The number of rotatable bonds is 5. The van der Waals surface area contributed by atoms with Crippen LogP contribution in [0.25, 0.3) is 0 Å². The van der Waals surface area contributed by atoms with Gasteiger partial charge in [-0.05, 0) is 36.8 Å². The fraction of sp³-hybridized carbons (Fsp3) is 0.581. The molecule has 1 saturated carbocycles. The number of primary amides is 1. The Labute approximate surface area is 258 Å². The number of allylic oxidation sites excluding steroid dienone is 1. The van der Waals surface area contributed by atoms with E-state index in [2.05, 4.69) is 10.6 Å². The summed E-state index contributed by atoms with van der Waals surface area (Å²) in [4.78, 5) is 68.4. The number of benzene rings is 1. The van der Waals surface area contributed by atoms with E-state index in [9.17, 15) is 37.1 Å². The first kappa shape index (κ1) is 32.3. The molecule has 0 bridgehead atoms. The lowest BCUT2D eigenvalue weighted by Gasteiger charge is -2.29. The van der Waals surface area contributed by atoms with E-state index >= 15 is 0 Å². The number of ether oxygens (including phenoxy) is 1. The van der Waals surface area contributed by atoms with Crippen molar-refractivity contribution in [3.63, 3.8) is 0 Å². The van der Waals surface area contributed by atoms with Gasteiger partial charge >= 0.3 is 12.3 Å². The summed E-state index contributed by atoms with van der Waals surface area (Å²) in [6, 6.07) is 5.21. The molecule has 45 heavy (non-hydrogen) atoms. The number of carbonyl (C=O) groups excluding carboxylic acids is 5. The number of nitrogens with two attached hydrogens (primary N) is 1. The van der Waals surface area contributed by atoms with E-state index in [-0.39, 0.29) is 25.3 Å². The van der Waals surface area contributed by atoms with E-state index in [1.54, 1.807) is 0 Å². The molecule has 2 fully saturated rings. The Bertz CT molecular complexity index is 1340. The molecule has 1 aliphatic carbocycles. The van der Waals surface area contributed by atoms with Crippen molar-refractivity contribution in [3.05, 3.63) is 47.5 Å². The van der Waals surface area contributed by atoms with Crippen molar-refractivity contribution >= 4 is 29.7 Å². The average molecular weight is 634 g/mol. The van der Waals surface area contributed by atoms with Crippen LogP contribution in [0.3, 0.4) is 0 Å². The van der Waals surface area contributed by atoms with Gasteiger partial charge in [-0.15, -0.1) is 0 Å². The van der Waals surface area contributed by atoms with Gasteiger partial charge in [0.1, 0.15) is 23.7 Å². The summed E-state index contributed by atoms with van der Waals surface area (Å²) < 4.78 is 44.1. The third-order valence-corrected chi connectivity index (χ3v) is 9.02. The Kier molecular flexibility index (Phi) is 9.40. The summed E-state index contributed by atoms with van der Waals surface area (Å²) in [5, 5.41) is 5.19. The summed E-state index contributed by atoms with van der Waals surface area (Å²) in [6.45, 7) is 0.512. The summed E-state index contributed by atoms with van der Waals surface area (Å²) >= 11 is 0. The zero-order chi connectivity index (χ0) is 32.4. The maximum Gasteiger partial charge on any atom is 0.410 e. The number of hydrogen-bond acceptors (Lipinski definition) is 6. The lowest BCUT2D eigenvalue weighted by atomic mass is 10.0. The van der Waals surface area contributed by atoms with Crippen molar-refractivity contribution in [1.82, 2.24) is 20.4 Å². The van der Waals surface area contributed by atoms with E-state index < -0.39 is 72.5 Å². The molecule has 0 spiro atoms. The van der Waals surface area contributed by atoms with Gasteiger partial charge in [-0.2, -0.15) is 13.2 Å². The zero-order valence-corrected chi connectivity index (χ0v) is 24.8. The Morgan fingerprint density at radius 1 is 1.09 bits per heavy atom. The molecule has 5 rings (SSSR count). The smallest absolute Gasteiger partial charge is 0.410 e. The van der Waals surface area contributed by atoms with Gasteiger partial charge in [0.2, 0.25) is 23.6 Å². The molecule has 14 heteroatoms. The zero-order valence-electron chi connectivity index (χ0n) is 24.8. The molecule has 0 unspecified atom stereocenters. The molecule has 11 nitrogen and oxygen atoms in total. The van der Waals surface area contributed by atoms with Crippen molar-refractivity contribution < 1.29 is 41.9 Å². The second kappa shape index (κ2) is 13.1. The van der Waals surface area contributed by atoms with E-state index in [1.165, 1.54) is 9.80 Å². The number of nitrogens with one attached hydrogen (secondary N) is 2. The largest absolute Gasteiger partial charge is 0.444 e. The number of fused-ring (bicyclic) bond motifs is 3. The second-order valence-electron chi connectivity index (χ2n) is 12.3. The molecular weight excluding hydrogens is 595 g/mol. The van der Waals surface area contributed by atoms with Crippen LogP contribution in [0.4, 0.5) is 18.0 Å². The molecule has 3 aliphatic heterocycles. The minimum absolute atomic E-state index is 0.0752. The molecule has 4 N–H and O–H groups in total. The van der Waals surface area contributed by atoms with Gasteiger partial charge in [0.25, 0.3) is 0 Å². The van der Waals surface area contributed by atoms with Crippen LogP contribution in [0.5, 0.6) is 0 Å². The van der Waals surface area contributed by atoms with E-state index in [0.717, 1.165) is 17.5 Å². The minimum Gasteiger partial charge on any atom is -0.444 e. The maximum absolute atomic E-state index is 13.9. The SMILES string of the molecule is NC(=O)[C@@]12C[C@H]1C=CCCCCC[C@H](NC(=O)CCC(F)(F)F)C(=O)N1C[C@H](OC(=O)N3Cc4ccccc4C3)C[C@H]1C(=O)N2. The monoisotopic (exact) mass is 633 g/mol. The highest BCUT2D eigenvalue weighted by atomic mass is 19.4. The molecule has 0 aromatic heterocycles. The highest BCUT2D eigenvalue weighted by Crippen LogP contribution is 2.45. The van der Waals surface area contributed by atoms with Gasteiger partial charge < -0.3 is 26.0 Å². The van der Waals surface area contributed by atoms with Crippen molar-refractivity contribution in [2.45, 2.75) is 101 Å². The molecule has 1 aromatic rings. The molecule has 5 atom stereocenters. The fourth-order valence-corrected chi connectivity index (χ4v) is 6.39. The maximum atomic E-state index is 13.9. The van der Waals surface area contributed by atoms with Crippen molar-refractivity contribution in [3.8, 4) is 0 Å². The summed E-state index contributed by atoms with van der Waals surface area (Å²) in [7, 11) is 0. The molecule has 1 aromatic carbocycles. The van der Waals surface area contributed by atoms with Crippen molar-refractivity contribution in [1.29, 1.82) is 0 Å². The fourth-order valence-electron chi connectivity index (χ4n) is 6.39. The van der Waals surface area contributed by atoms with Crippen LogP contribution in [-0.2, 0) is 37.0 Å². The standard InChI is InChI=1S/C31H38F3N5O6/c32-31(33,34)13-12-25(40)36-23-11-5-3-1-2-4-10-21-15-30(21,28(35)43)37-26(41)24-14-22(18-39(24)27(23)42)45-29(44)38-16-19-8-6-7-9-20(19)17-38/h4,6-10,21-24H,1-3,5,11-18H2,(H2,35,43)(H,36,40)(H,37,41)/t21-,22-,23+,24+,30-/m1/s1. The highest BCUT2D eigenvalue weighted by Gasteiger charge is 2.60. The predicted octanol–water partition coefficient (Wildman–Crippen LogP) is 2.82. The molecule has 3 heterocycles. The number of hydrogen-bond donors (Lipinski definition) is 3. The molecule has 4 aliphatic rings. The van der Waals surface area contributed by atoms with Gasteiger partial charge in [-0.3, -0.25) is 24.1 Å². The van der Waals surface area contributed by atoms with Crippen LogP contribution in [0.2, 0.25) is 0 Å². The van der Waals surface area contributed by atoms with E-state index in [4.69, 9.17) is 10.5 Å². The van der Waals surface area contributed by atoms with E-state index in [1.807, 2.05) is 36.4 Å². The molecule has 5 amide bonds. The van der Waals surface area contributed by atoms with Gasteiger partial charge in [-0.25, -0.2) is 4.79 Å². The highest BCUT2D eigenvalue weighted by molar-refractivity contribution is 5.98. The lowest BCUT2D eigenvalue weighted by molar-refractivity contribution is -0.146. The first-order chi connectivity index (χ1) is 21.4. The Morgan fingerprint density at radius 3 is 2.47 bits per heavy atom. The van der Waals surface area contributed by atoms with Crippen LogP contribution in [0, 0.1) is 5.92 Å². The number of halogens is 3. The first-order valence-electron chi connectivity index (χ1n) is 15.3. The third kappa shape index (κ3) is 7.59. The van der Waals surface area contributed by atoms with Crippen molar-refractivity contribution in [2.24, 2.45) is 11.7 Å². The van der Waals surface area contributed by atoms with Crippen LogP contribution in [0.1, 0.15) is 68.9 Å². The Hall–Kier alpha value is -4.10. The first-order valence-corrected chi connectivity index (χ1v) is 15.3. The van der Waals surface area contributed by atoms with Gasteiger partial charge in [0.05, 0.1) is 13.0 Å². The second-order valence-corrected chi connectivity index (χ2v) is 12.3. The quantitative estimate of drug-likeness (QED) is 0.425. The van der Waals surface area contributed by atoms with Crippen LogP contribution in [-0.4, -0.2) is 76.0 Å². The number of carbonyl (C=O) groups is 5. The number of nitrogens with zero attached hydrogens (tertiary/aromatic N) is 2. The van der Waals surface area contributed by atoms with E-state index in [0.29, 0.717) is 38.8 Å². The van der Waals surface area contributed by atoms with Crippen LogP contribution >= 0.6 is 0 Å². The summed E-state index contributed by atoms with van der Waals surface area (Å²) in [6.07, 6.45) is -1.49.